The first-order valence-electron chi connectivity index (χ1n) is 6.54. The molecule has 0 aliphatic carbocycles. The minimum atomic E-state index is -0.387. The minimum Gasteiger partial charge on any atom is -0.481 e. The van der Waals surface area contributed by atoms with Gasteiger partial charge in [-0.1, -0.05) is 0 Å². The fourth-order valence-electron chi connectivity index (χ4n) is 1.88. The van der Waals surface area contributed by atoms with Crippen molar-refractivity contribution in [1.82, 2.24) is 20.3 Å². The number of hydrogen-bond donors (Lipinski definition) is 1. The Morgan fingerprint density at radius 1 is 1.45 bits per heavy atom. The molecule has 0 bridgehead atoms. The monoisotopic (exact) mass is 315 g/mol. The summed E-state index contributed by atoms with van der Waals surface area (Å²) in [4.78, 5) is 29.2. The third-order valence-corrected chi connectivity index (χ3v) is 4.11. The van der Waals surface area contributed by atoms with Crippen LogP contribution in [0.25, 0.3) is 0 Å². The molecule has 112 valence electrons. The van der Waals surface area contributed by atoms with E-state index in [4.69, 9.17) is 4.74 Å². The first-order valence-corrected chi connectivity index (χ1v) is 7.41. The van der Waals surface area contributed by atoms with E-state index in [1.54, 1.807) is 31.8 Å². The normalized spacial score (nSPS) is 16.0. The minimum absolute atomic E-state index is 0.112. The molecule has 0 spiro atoms. The van der Waals surface area contributed by atoms with Crippen molar-refractivity contribution in [3.05, 3.63) is 36.4 Å². The maximum absolute atomic E-state index is 12.2. The molecule has 1 atom stereocenters. The molecule has 0 fully saturated rings. The van der Waals surface area contributed by atoms with Gasteiger partial charge < -0.3 is 10.1 Å². The van der Waals surface area contributed by atoms with Crippen LogP contribution in [0.2, 0.25) is 0 Å². The summed E-state index contributed by atoms with van der Waals surface area (Å²) >= 11 is 1.38. The quantitative estimate of drug-likeness (QED) is 0.916. The molecule has 1 unspecified atom stereocenters. The van der Waals surface area contributed by atoms with Crippen LogP contribution >= 0.6 is 11.8 Å². The highest BCUT2D eigenvalue weighted by Crippen LogP contribution is 2.33. The van der Waals surface area contributed by atoms with Crippen molar-refractivity contribution < 1.29 is 9.53 Å². The van der Waals surface area contributed by atoms with Crippen molar-refractivity contribution in [3.8, 4) is 5.88 Å². The van der Waals surface area contributed by atoms with Gasteiger partial charge in [-0.25, -0.2) is 19.9 Å². The van der Waals surface area contributed by atoms with Crippen LogP contribution in [-0.2, 0) is 11.3 Å². The standard InChI is InChI=1S/C14H13N5O2S/c1-21-12-4-9(2-3-16-12)5-18-14(20)11-7-17-13-10(22-11)6-15-8-19-13/h2-4,6-8,11H,5H2,1H3,(H,18,20). The number of aliphatic imine (C=N–C) groups is 1. The maximum Gasteiger partial charge on any atom is 0.239 e. The van der Waals surface area contributed by atoms with E-state index in [0.717, 1.165) is 10.5 Å². The number of carbonyl (C=O) groups excluding carboxylic acids is 1. The van der Waals surface area contributed by atoms with Crippen LogP contribution < -0.4 is 10.1 Å². The molecule has 2 aromatic heterocycles. The van der Waals surface area contributed by atoms with Gasteiger partial charge in [0.2, 0.25) is 11.8 Å². The molecule has 1 aliphatic rings. The average molecular weight is 315 g/mol. The number of thioether (sulfide) groups is 1. The Bertz CT molecular complexity index is 722. The van der Waals surface area contributed by atoms with Gasteiger partial charge in [0.15, 0.2) is 5.82 Å². The third kappa shape index (κ3) is 3.22. The second-order valence-corrected chi connectivity index (χ2v) is 5.63. The molecule has 1 amide bonds. The summed E-state index contributed by atoms with van der Waals surface area (Å²) in [5.41, 5.74) is 0.918. The van der Waals surface area contributed by atoms with Crippen molar-refractivity contribution in [3.63, 3.8) is 0 Å². The average Bonchev–Trinajstić information content (AvgIpc) is 2.59. The Morgan fingerprint density at radius 2 is 2.36 bits per heavy atom. The van der Waals surface area contributed by atoms with E-state index in [1.165, 1.54) is 18.1 Å². The van der Waals surface area contributed by atoms with Gasteiger partial charge in [0.1, 0.15) is 11.6 Å². The number of fused-ring (bicyclic) bond motifs is 1. The largest absolute Gasteiger partial charge is 0.481 e. The molecule has 7 nitrogen and oxygen atoms in total. The van der Waals surface area contributed by atoms with Crippen LogP contribution in [0.5, 0.6) is 5.88 Å². The predicted octanol–water partition coefficient (Wildman–Crippen LogP) is 1.37. The van der Waals surface area contributed by atoms with E-state index in [9.17, 15) is 4.79 Å². The molecule has 0 saturated heterocycles. The van der Waals surface area contributed by atoms with Crippen molar-refractivity contribution in [2.75, 3.05) is 7.11 Å². The van der Waals surface area contributed by atoms with Gasteiger partial charge in [0.25, 0.3) is 0 Å². The van der Waals surface area contributed by atoms with Crippen LogP contribution in [0.1, 0.15) is 5.56 Å². The van der Waals surface area contributed by atoms with E-state index in [1.807, 2.05) is 6.07 Å². The number of hydrogen-bond acceptors (Lipinski definition) is 7. The molecule has 0 saturated carbocycles. The molecule has 8 heteroatoms. The second-order valence-electron chi connectivity index (χ2n) is 4.45. The molecule has 3 heterocycles. The molecular formula is C14H13N5O2S. The summed E-state index contributed by atoms with van der Waals surface area (Å²) in [5, 5.41) is 2.49. The maximum atomic E-state index is 12.2. The zero-order valence-corrected chi connectivity index (χ0v) is 12.6. The lowest BCUT2D eigenvalue weighted by Crippen LogP contribution is -2.33. The van der Waals surface area contributed by atoms with E-state index in [0.29, 0.717) is 18.2 Å². The number of ether oxygens (including phenoxy) is 1. The fraction of sp³-hybridized carbons (Fsp3) is 0.214. The SMILES string of the molecule is COc1cc(CNC(=O)C2C=Nc3ncncc3S2)ccn1. The van der Waals surface area contributed by atoms with E-state index in [2.05, 4.69) is 25.3 Å². The molecule has 0 radical (unpaired) electrons. The first kappa shape index (κ1) is 14.5. The molecule has 3 rings (SSSR count). The number of pyridine rings is 1. The van der Waals surface area contributed by atoms with Gasteiger partial charge in [-0.05, 0) is 11.6 Å². The molecular weight excluding hydrogens is 302 g/mol. The number of rotatable bonds is 4. The Hall–Kier alpha value is -2.48. The Balaban J connectivity index is 1.61. The van der Waals surface area contributed by atoms with E-state index >= 15 is 0 Å². The summed E-state index contributed by atoms with van der Waals surface area (Å²) in [7, 11) is 1.55. The molecule has 0 aromatic carbocycles. The van der Waals surface area contributed by atoms with Gasteiger partial charge in [-0.3, -0.25) is 4.79 Å². The number of aromatic nitrogens is 3. The van der Waals surface area contributed by atoms with E-state index in [-0.39, 0.29) is 11.2 Å². The Kier molecular flexibility index (Phi) is 4.29. The topological polar surface area (TPSA) is 89.4 Å². The smallest absolute Gasteiger partial charge is 0.239 e. The summed E-state index contributed by atoms with van der Waals surface area (Å²) in [6.45, 7) is 0.404. The molecule has 22 heavy (non-hydrogen) atoms. The lowest BCUT2D eigenvalue weighted by molar-refractivity contribution is -0.119. The van der Waals surface area contributed by atoms with Crippen LogP contribution in [0.4, 0.5) is 5.82 Å². The van der Waals surface area contributed by atoms with Crippen molar-refractivity contribution in [2.45, 2.75) is 16.7 Å². The van der Waals surface area contributed by atoms with Crippen molar-refractivity contribution >= 4 is 29.7 Å². The van der Waals surface area contributed by atoms with Gasteiger partial charge in [0.05, 0.1) is 12.0 Å². The fourth-order valence-corrected chi connectivity index (χ4v) is 2.80. The van der Waals surface area contributed by atoms with Gasteiger partial charge in [-0.15, -0.1) is 11.8 Å². The number of methoxy groups -OCH3 is 1. The summed E-state index contributed by atoms with van der Waals surface area (Å²) in [6, 6.07) is 3.61. The molecule has 2 aromatic rings. The molecule has 1 N–H and O–H groups in total. The van der Waals surface area contributed by atoms with Crippen LogP contribution in [0.3, 0.4) is 0 Å². The number of nitrogens with one attached hydrogen (secondary N) is 1. The van der Waals surface area contributed by atoms with Crippen molar-refractivity contribution in [1.29, 1.82) is 0 Å². The van der Waals surface area contributed by atoms with Gasteiger partial charge >= 0.3 is 0 Å². The lowest BCUT2D eigenvalue weighted by atomic mass is 10.2. The molecule has 1 aliphatic heterocycles. The van der Waals surface area contributed by atoms with Crippen LogP contribution in [-0.4, -0.2) is 39.4 Å². The zero-order chi connectivity index (χ0) is 15.4. The second kappa shape index (κ2) is 6.52. The summed E-state index contributed by atoms with van der Waals surface area (Å²) in [5.74, 6) is 1.01. The first-order chi connectivity index (χ1) is 10.8. The summed E-state index contributed by atoms with van der Waals surface area (Å²) in [6.07, 6.45) is 6.35. The van der Waals surface area contributed by atoms with Gasteiger partial charge in [-0.2, -0.15) is 0 Å². The highest BCUT2D eigenvalue weighted by molar-refractivity contribution is 8.01. The summed E-state index contributed by atoms with van der Waals surface area (Å²) < 4.78 is 5.05. The van der Waals surface area contributed by atoms with Crippen LogP contribution in [0, 0.1) is 0 Å². The Labute approximate surface area is 131 Å². The van der Waals surface area contributed by atoms with Crippen LogP contribution in [0.15, 0.2) is 40.7 Å². The van der Waals surface area contributed by atoms with E-state index < -0.39 is 0 Å². The highest BCUT2D eigenvalue weighted by Gasteiger charge is 2.23. The Morgan fingerprint density at radius 3 is 3.23 bits per heavy atom. The zero-order valence-electron chi connectivity index (χ0n) is 11.8. The van der Waals surface area contributed by atoms with Crippen molar-refractivity contribution in [2.24, 2.45) is 4.99 Å². The highest BCUT2D eigenvalue weighted by atomic mass is 32.2. The predicted molar refractivity (Wildman–Crippen MR) is 82.5 cm³/mol. The lowest BCUT2D eigenvalue weighted by Gasteiger charge is -2.16. The van der Waals surface area contributed by atoms with Gasteiger partial charge in [0, 0.05) is 31.2 Å². The number of carbonyl (C=O) groups is 1. The number of nitrogens with zero attached hydrogens (tertiary/aromatic N) is 4. The number of amides is 1. The third-order valence-electron chi connectivity index (χ3n) is 2.98.